The molecule has 1 aliphatic carbocycles. The lowest BCUT2D eigenvalue weighted by atomic mass is 10.1. The lowest BCUT2D eigenvalue weighted by molar-refractivity contribution is 0.595. The molecule has 13 heavy (non-hydrogen) atoms. The Kier molecular flexibility index (Phi) is 1.86. The Morgan fingerprint density at radius 1 is 1.46 bits per heavy atom. The van der Waals surface area contributed by atoms with Gasteiger partial charge in [-0.05, 0) is 17.5 Å². The number of hydrogen-bond acceptors (Lipinski definition) is 2. The number of nitrogens with zero attached hydrogens (tertiary/aromatic N) is 1. The van der Waals surface area contributed by atoms with Crippen LogP contribution in [0.25, 0.3) is 0 Å². The van der Waals surface area contributed by atoms with Crippen molar-refractivity contribution in [1.82, 2.24) is 4.98 Å². The molecule has 0 aliphatic heterocycles. The van der Waals surface area contributed by atoms with Gasteiger partial charge in [-0.25, -0.2) is 0 Å². The van der Waals surface area contributed by atoms with Gasteiger partial charge < -0.3 is 5.73 Å². The van der Waals surface area contributed by atoms with Crippen LogP contribution in [-0.4, -0.2) is 11.0 Å². The average Bonchev–Trinajstić information content (AvgIpc) is 2.55. The third-order valence-corrected chi connectivity index (χ3v) is 3.20. The maximum Gasteiger partial charge on any atom is 0.0589 e. The standard InChI is InChI=1S/C10H13ClN2/c1-10(2)8(9(10)12)7-4-3-6(11)5-13-7/h3-5,8-9H,12H2,1-2H3/t8-,9-/m0/s1. The van der Waals surface area contributed by atoms with E-state index in [1.165, 1.54) is 0 Å². The van der Waals surface area contributed by atoms with Gasteiger partial charge in [0.05, 0.1) is 5.02 Å². The van der Waals surface area contributed by atoms with Crippen LogP contribution in [0, 0.1) is 5.41 Å². The van der Waals surface area contributed by atoms with Crippen LogP contribution in [-0.2, 0) is 0 Å². The summed E-state index contributed by atoms with van der Waals surface area (Å²) in [4.78, 5) is 4.27. The van der Waals surface area contributed by atoms with Crippen LogP contribution in [0.1, 0.15) is 25.5 Å². The molecule has 0 unspecified atom stereocenters. The summed E-state index contributed by atoms with van der Waals surface area (Å²) in [6.07, 6.45) is 1.68. The van der Waals surface area contributed by atoms with E-state index in [2.05, 4.69) is 18.8 Å². The van der Waals surface area contributed by atoms with Crippen LogP contribution < -0.4 is 5.73 Å². The van der Waals surface area contributed by atoms with Gasteiger partial charge in [-0.1, -0.05) is 25.4 Å². The van der Waals surface area contributed by atoms with Gasteiger partial charge in [0.25, 0.3) is 0 Å². The average molecular weight is 197 g/mol. The molecule has 2 atom stereocenters. The van der Waals surface area contributed by atoms with E-state index in [9.17, 15) is 0 Å². The van der Waals surface area contributed by atoms with Crippen molar-refractivity contribution in [2.45, 2.75) is 25.8 Å². The van der Waals surface area contributed by atoms with Crippen molar-refractivity contribution in [2.75, 3.05) is 0 Å². The second kappa shape index (κ2) is 2.69. The quantitative estimate of drug-likeness (QED) is 0.748. The molecule has 0 bridgehead atoms. The van der Waals surface area contributed by atoms with Gasteiger partial charge >= 0.3 is 0 Å². The molecule has 3 heteroatoms. The third-order valence-electron chi connectivity index (χ3n) is 2.98. The first-order valence-electron chi connectivity index (χ1n) is 4.40. The molecule has 2 nitrogen and oxygen atoms in total. The fourth-order valence-corrected chi connectivity index (χ4v) is 1.93. The van der Waals surface area contributed by atoms with E-state index in [0.29, 0.717) is 10.9 Å². The molecule has 1 heterocycles. The molecule has 2 rings (SSSR count). The highest BCUT2D eigenvalue weighted by molar-refractivity contribution is 6.30. The van der Waals surface area contributed by atoms with Crippen LogP contribution in [0.5, 0.6) is 0 Å². The van der Waals surface area contributed by atoms with Crippen molar-refractivity contribution < 1.29 is 0 Å². The summed E-state index contributed by atoms with van der Waals surface area (Å²) in [5, 5.41) is 0.677. The normalized spacial score (nSPS) is 30.2. The van der Waals surface area contributed by atoms with Gasteiger partial charge in [0.2, 0.25) is 0 Å². The van der Waals surface area contributed by atoms with E-state index >= 15 is 0 Å². The van der Waals surface area contributed by atoms with Crippen molar-refractivity contribution in [1.29, 1.82) is 0 Å². The first-order valence-corrected chi connectivity index (χ1v) is 4.78. The number of hydrogen-bond donors (Lipinski definition) is 1. The minimum atomic E-state index is 0.195. The molecule has 1 aromatic heterocycles. The Hall–Kier alpha value is -0.600. The van der Waals surface area contributed by atoms with Crippen molar-refractivity contribution in [3.05, 3.63) is 29.0 Å². The van der Waals surface area contributed by atoms with Crippen molar-refractivity contribution in [2.24, 2.45) is 11.1 Å². The Balaban J connectivity index is 2.25. The zero-order valence-corrected chi connectivity index (χ0v) is 8.55. The molecule has 1 aliphatic rings. The van der Waals surface area contributed by atoms with Gasteiger partial charge in [-0.15, -0.1) is 0 Å². The summed E-state index contributed by atoms with van der Waals surface area (Å²) in [7, 11) is 0. The predicted octanol–water partition coefficient (Wildman–Crippen LogP) is 2.19. The molecule has 0 saturated heterocycles. The molecule has 0 spiro atoms. The molecule has 0 amide bonds. The van der Waals surface area contributed by atoms with Crippen molar-refractivity contribution >= 4 is 11.6 Å². The Bertz CT molecular complexity index is 318. The number of aromatic nitrogens is 1. The molecule has 70 valence electrons. The maximum atomic E-state index is 5.94. The summed E-state index contributed by atoms with van der Waals surface area (Å²) in [6, 6.07) is 4.06. The monoisotopic (exact) mass is 196 g/mol. The van der Waals surface area contributed by atoms with Crippen LogP contribution in [0.3, 0.4) is 0 Å². The lowest BCUT2D eigenvalue weighted by Gasteiger charge is -2.01. The third kappa shape index (κ3) is 1.34. The van der Waals surface area contributed by atoms with Crippen LogP contribution in [0.4, 0.5) is 0 Å². The van der Waals surface area contributed by atoms with Crippen LogP contribution in [0.2, 0.25) is 5.02 Å². The van der Waals surface area contributed by atoms with Crippen molar-refractivity contribution in [3.63, 3.8) is 0 Å². The maximum absolute atomic E-state index is 5.94. The summed E-state index contributed by atoms with van der Waals surface area (Å²) in [6.45, 7) is 4.33. The fourth-order valence-electron chi connectivity index (χ4n) is 1.81. The van der Waals surface area contributed by atoms with Gasteiger partial charge in [-0.2, -0.15) is 0 Å². The van der Waals surface area contributed by atoms with E-state index in [4.69, 9.17) is 17.3 Å². The predicted molar refractivity (Wildman–Crippen MR) is 53.7 cm³/mol. The highest BCUT2D eigenvalue weighted by Gasteiger charge is 2.56. The summed E-state index contributed by atoms with van der Waals surface area (Å²) < 4.78 is 0. The topological polar surface area (TPSA) is 38.9 Å². The second-order valence-electron chi connectivity index (χ2n) is 4.23. The number of nitrogens with two attached hydrogens (primary N) is 1. The van der Waals surface area contributed by atoms with Gasteiger partial charge in [0, 0.05) is 23.9 Å². The molecule has 1 aromatic rings. The van der Waals surface area contributed by atoms with E-state index in [0.717, 1.165) is 5.69 Å². The van der Waals surface area contributed by atoms with Crippen LogP contribution >= 0.6 is 11.6 Å². The number of rotatable bonds is 1. The fraction of sp³-hybridized carbons (Fsp3) is 0.500. The molecular formula is C10H13ClN2. The zero-order valence-electron chi connectivity index (χ0n) is 7.79. The van der Waals surface area contributed by atoms with Crippen LogP contribution in [0.15, 0.2) is 18.3 Å². The Morgan fingerprint density at radius 2 is 2.08 bits per heavy atom. The number of pyridine rings is 1. The summed E-state index contributed by atoms with van der Waals surface area (Å²) in [5.74, 6) is 0.393. The zero-order chi connectivity index (χ0) is 9.64. The molecular weight excluding hydrogens is 184 g/mol. The van der Waals surface area contributed by atoms with E-state index in [1.54, 1.807) is 6.20 Å². The minimum absolute atomic E-state index is 0.195. The minimum Gasteiger partial charge on any atom is -0.327 e. The Labute approximate surface area is 83.1 Å². The molecule has 1 fully saturated rings. The van der Waals surface area contributed by atoms with Gasteiger partial charge in [-0.3, -0.25) is 4.98 Å². The second-order valence-corrected chi connectivity index (χ2v) is 4.66. The number of halogens is 1. The first-order chi connectivity index (χ1) is 6.03. The highest BCUT2D eigenvalue weighted by atomic mass is 35.5. The van der Waals surface area contributed by atoms with Gasteiger partial charge in [0.15, 0.2) is 0 Å². The largest absolute Gasteiger partial charge is 0.327 e. The lowest BCUT2D eigenvalue weighted by Crippen LogP contribution is -2.06. The van der Waals surface area contributed by atoms with E-state index in [1.807, 2.05) is 12.1 Å². The highest BCUT2D eigenvalue weighted by Crippen LogP contribution is 2.56. The Morgan fingerprint density at radius 3 is 2.46 bits per heavy atom. The van der Waals surface area contributed by atoms with Gasteiger partial charge in [0.1, 0.15) is 0 Å². The molecule has 0 aromatic carbocycles. The molecule has 1 saturated carbocycles. The first kappa shape index (κ1) is 8.97. The SMILES string of the molecule is CC1(C)[C@@H](N)[C@@H]1c1ccc(Cl)cn1. The van der Waals surface area contributed by atoms with E-state index < -0.39 is 0 Å². The summed E-state index contributed by atoms with van der Waals surface area (Å²) in [5.41, 5.74) is 7.19. The molecule has 0 radical (unpaired) electrons. The smallest absolute Gasteiger partial charge is 0.0589 e. The van der Waals surface area contributed by atoms with Crippen molar-refractivity contribution in [3.8, 4) is 0 Å². The van der Waals surface area contributed by atoms with E-state index in [-0.39, 0.29) is 11.5 Å². The molecule has 2 N–H and O–H groups in total. The summed E-state index contributed by atoms with van der Waals surface area (Å²) >= 11 is 5.75.